The van der Waals surface area contributed by atoms with Crippen LogP contribution >= 0.6 is 27.5 Å². The molecule has 0 saturated carbocycles. The molecule has 0 aliphatic heterocycles. The third-order valence-electron chi connectivity index (χ3n) is 3.40. The second-order valence-electron chi connectivity index (χ2n) is 4.95. The molecular formula is C17H17BrClNO3. The molecule has 6 heteroatoms. The molecule has 0 atom stereocenters. The average Bonchev–Trinajstić information content (AvgIpc) is 2.56. The number of hydrogen-bond acceptors (Lipinski definition) is 3. The molecule has 0 spiro atoms. The first-order valence-corrected chi connectivity index (χ1v) is 8.05. The van der Waals surface area contributed by atoms with Crippen LogP contribution in [0.1, 0.15) is 15.9 Å². The Bertz CT molecular complexity index is 696. The van der Waals surface area contributed by atoms with Crippen molar-refractivity contribution in [3.8, 4) is 11.5 Å². The first kappa shape index (κ1) is 17.6. The number of halogens is 2. The number of methoxy groups -OCH3 is 2. The summed E-state index contributed by atoms with van der Waals surface area (Å²) in [5, 5.41) is 0.637. The highest BCUT2D eigenvalue weighted by molar-refractivity contribution is 9.10. The van der Waals surface area contributed by atoms with E-state index in [0.29, 0.717) is 33.1 Å². The van der Waals surface area contributed by atoms with Gasteiger partial charge >= 0.3 is 0 Å². The molecule has 0 aliphatic rings. The lowest BCUT2D eigenvalue weighted by molar-refractivity contribution is 0.0784. The largest absolute Gasteiger partial charge is 0.495 e. The molecule has 0 fully saturated rings. The predicted molar refractivity (Wildman–Crippen MR) is 94.5 cm³/mol. The van der Waals surface area contributed by atoms with Crippen LogP contribution in [0.15, 0.2) is 40.9 Å². The summed E-state index contributed by atoms with van der Waals surface area (Å²) in [6, 6.07) is 10.8. The lowest BCUT2D eigenvalue weighted by Crippen LogP contribution is -2.26. The third-order valence-corrected chi connectivity index (χ3v) is 4.55. The normalized spacial score (nSPS) is 10.3. The maximum absolute atomic E-state index is 12.7. The topological polar surface area (TPSA) is 38.8 Å². The molecule has 4 nitrogen and oxygen atoms in total. The van der Waals surface area contributed by atoms with Crippen molar-refractivity contribution in [2.45, 2.75) is 6.54 Å². The van der Waals surface area contributed by atoms with Gasteiger partial charge in [0.15, 0.2) is 0 Å². The van der Waals surface area contributed by atoms with E-state index in [1.165, 1.54) is 0 Å². The summed E-state index contributed by atoms with van der Waals surface area (Å²) in [5.41, 5.74) is 1.37. The summed E-state index contributed by atoms with van der Waals surface area (Å²) >= 11 is 9.54. The fraction of sp³-hybridized carbons (Fsp3) is 0.235. The summed E-state index contributed by atoms with van der Waals surface area (Å²) in [6.07, 6.45) is 0. The van der Waals surface area contributed by atoms with Gasteiger partial charge in [0.25, 0.3) is 5.91 Å². The van der Waals surface area contributed by atoms with Crippen LogP contribution in [0.3, 0.4) is 0 Å². The molecule has 0 aromatic heterocycles. The van der Waals surface area contributed by atoms with Gasteiger partial charge in [-0.05, 0) is 39.7 Å². The number of benzene rings is 2. The second kappa shape index (κ2) is 7.70. The number of carbonyl (C=O) groups excluding carboxylic acids is 1. The summed E-state index contributed by atoms with van der Waals surface area (Å²) in [6.45, 7) is 0.416. The predicted octanol–water partition coefficient (Wildman–Crippen LogP) is 4.39. The van der Waals surface area contributed by atoms with Crippen LogP contribution in [-0.2, 0) is 6.54 Å². The third kappa shape index (κ3) is 3.98. The Morgan fingerprint density at radius 3 is 2.26 bits per heavy atom. The highest BCUT2D eigenvalue weighted by atomic mass is 79.9. The van der Waals surface area contributed by atoms with E-state index in [0.717, 1.165) is 5.56 Å². The van der Waals surface area contributed by atoms with Crippen LogP contribution in [-0.4, -0.2) is 32.1 Å². The Kier molecular flexibility index (Phi) is 5.91. The zero-order valence-corrected chi connectivity index (χ0v) is 15.4. The summed E-state index contributed by atoms with van der Waals surface area (Å²) in [5.74, 6) is 0.937. The van der Waals surface area contributed by atoms with Crippen molar-refractivity contribution in [3.63, 3.8) is 0 Å². The smallest absolute Gasteiger partial charge is 0.254 e. The van der Waals surface area contributed by atoms with Crippen LogP contribution < -0.4 is 9.47 Å². The van der Waals surface area contributed by atoms with Gasteiger partial charge in [-0.15, -0.1) is 0 Å². The molecule has 122 valence electrons. The monoisotopic (exact) mass is 397 g/mol. The molecule has 23 heavy (non-hydrogen) atoms. The van der Waals surface area contributed by atoms with Crippen molar-refractivity contribution in [1.29, 1.82) is 0 Å². The van der Waals surface area contributed by atoms with Crippen LogP contribution in [0.25, 0.3) is 0 Å². The fourth-order valence-electron chi connectivity index (χ4n) is 2.17. The van der Waals surface area contributed by atoms with E-state index in [9.17, 15) is 4.79 Å². The first-order chi connectivity index (χ1) is 11.0. The number of carbonyl (C=O) groups is 1. The Morgan fingerprint density at radius 2 is 1.74 bits per heavy atom. The van der Waals surface area contributed by atoms with Gasteiger partial charge in [-0.25, -0.2) is 0 Å². The van der Waals surface area contributed by atoms with E-state index < -0.39 is 0 Å². The van der Waals surface area contributed by atoms with Crippen LogP contribution in [0.2, 0.25) is 5.02 Å². The Morgan fingerprint density at radius 1 is 1.17 bits per heavy atom. The Labute approximate surface area is 149 Å². The van der Waals surface area contributed by atoms with E-state index in [4.69, 9.17) is 21.1 Å². The van der Waals surface area contributed by atoms with E-state index in [-0.39, 0.29) is 5.91 Å². The lowest BCUT2D eigenvalue weighted by Gasteiger charge is -2.19. The molecule has 1 amide bonds. The van der Waals surface area contributed by atoms with Gasteiger partial charge in [-0.1, -0.05) is 29.8 Å². The standard InChI is InChI=1S/C17H17BrClNO3/c1-20(10-11-6-4-5-7-13(11)19)17(21)12-8-14(22-2)16(18)15(9-12)23-3/h4-9H,10H2,1-3H3. The SMILES string of the molecule is COc1cc(C(=O)N(C)Cc2ccccc2Cl)cc(OC)c1Br. The Hall–Kier alpha value is -1.72. The van der Waals surface area contributed by atoms with Gasteiger partial charge in [0.1, 0.15) is 16.0 Å². The van der Waals surface area contributed by atoms with E-state index >= 15 is 0 Å². The lowest BCUT2D eigenvalue weighted by atomic mass is 10.1. The molecule has 2 aromatic carbocycles. The number of nitrogens with zero attached hydrogens (tertiary/aromatic N) is 1. The van der Waals surface area contributed by atoms with Gasteiger partial charge in [0.2, 0.25) is 0 Å². The molecule has 0 N–H and O–H groups in total. The number of ether oxygens (including phenoxy) is 2. The molecule has 0 aliphatic carbocycles. The molecule has 0 heterocycles. The molecule has 2 rings (SSSR count). The van der Waals surface area contributed by atoms with Crippen molar-refractivity contribution in [2.24, 2.45) is 0 Å². The minimum atomic E-state index is -0.144. The van der Waals surface area contributed by atoms with E-state index in [2.05, 4.69) is 15.9 Å². The van der Waals surface area contributed by atoms with Crippen molar-refractivity contribution < 1.29 is 14.3 Å². The molecule has 0 saturated heterocycles. The summed E-state index contributed by atoms with van der Waals surface area (Å²) in [4.78, 5) is 14.3. The van der Waals surface area contributed by atoms with Crippen LogP contribution in [0.4, 0.5) is 0 Å². The van der Waals surface area contributed by atoms with Gasteiger partial charge in [0, 0.05) is 24.2 Å². The molecule has 0 unspecified atom stereocenters. The van der Waals surface area contributed by atoms with Crippen molar-refractivity contribution >= 4 is 33.4 Å². The highest BCUT2D eigenvalue weighted by Crippen LogP contribution is 2.36. The van der Waals surface area contributed by atoms with E-state index in [1.807, 2.05) is 18.2 Å². The molecular weight excluding hydrogens is 382 g/mol. The fourth-order valence-corrected chi connectivity index (χ4v) is 2.92. The quantitative estimate of drug-likeness (QED) is 0.750. The van der Waals surface area contributed by atoms with Crippen molar-refractivity contribution in [2.75, 3.05) is 21.3 Å². The molecule has 2 aromatic rings. The number of hydrogen-bond donors (Lipinski definition) is 0. The minimum Gasteiger partial charge on any atom is -0.495 e. The maximum Gasteiger partial charge on any atom is 0.254 e. The first-order valence-electron chi connectivity index (χ1n) is 6.88. The van der Waals surface area contributed by atoms with Gasteiger partial charge in [0.05, 0.1) is 14.2 Å². The zero-order chi connectivity index (χ0) is 17.0. The van der Waals surface area contributed by atoms with Gasteiger partial charge < -0.3 is 14.4 Å². The van der Waals surface area contributed by atoms with Crippen molar-refractivity contribution in [3.05, 3.63) is 57.0 Å². The van der Waals surface area contributed by atoms with E-state index in [1.54, 1.807) is 44.4 Å². The van der Waals surface area contributed by atoms with Crippen molar-refractivity contribution in [1.82, 2.24) is 4.90 Å². The van der Waals surface area contributed by atoms with Gasteiger partial charge in [-0.2, -0.15) is 0 Å². The minimum absolute atomic E-state index is 0.144. The highest BCUT2D eigenvalue weighted by Gasteiger charge is 2.18. The van der Waals surface area contributed by atoms with Gasteiger partial charge in [-0.3, -0.25) is 4.79 Å². The second-order valence-corrected chi connectivity index (χ2v) is 6.15. The molecule has 0 bridgehead atoms. The number of rotatable bonds is 5. The summed E-state index contributed by atoms with van der Waals surface area (Å²) < 4.78 is 11.2. The maximum atomic E-state index is 12.7. The number of amides is 1. The van der Waals surface area contributed by atoms with Crippen LogP contribution in [0.5, 0.6) is 11.5 Å². The summed E-state index contributed by atoms with van der Waals surface area (Å²) in [7, 11) is 4.81. The Balaban J connectivity index is 2.27. The average molecular weight is 399 g/mol. The molecule has 0 radical (unpaired) electrons. The zero-order valence-electron chi connectivity index (χ0n) is 13.1. The van der Waals surface area contributed by atoms with Crippen LogP contribution in [0, 0.1) is 0 Å².